The van der Waals surface area contributed by atoms with E-state index in [0.29, 0.717) is 5.56 Å². The zero-order valence-electron chi connectivity index (χ0n) is 17.4. The van der Waals surface area contributed by atoms with E-state index in [9.17, 15) is 13.6 Å². The number of aromatic nitrogens is 2. The van der Waals surface area contributed by atoms with Crippen molar-refractivity contribution in [2.75, 3.05) is 20.5 Å². The highest BCUT2D eigenvalue weighted by molar-refractivity contribution is 8.15. The van der Waals surface area contributed by atoms with Gasteiger partial charge in [0.2, 0.25) is 0 Å². The summed E-state index contributed by atoms with van der Waals surface area (Å²) in [6.45, 7) is -0.0160. The summed E-state index contributed by atoms with van der Waals surface area (Å²) in [4.78, 5) is 12.3. The van der Waals surface area contributed by atoms with Gasteiger partial charge in [0.05, 0.1) is 13.7 Å². The molecular weight excluding hydrogens is 438 g/mol. The molecule has 0 spiro atoms. The molecule has 0 aliphatic carbocycles. The van der Waals surface area contributed by atoms with Crippen LogP contribution in [0, 0.1) is 11.6 Å². The number of amides is 1. The Morgan fingerprint density at radius 3 is 2.69 bits per heavy atom. The molecule has 2 aromatic carbocycles. The zero-order valence-corrected chi connectivity index (χ0v) is 18.3. The Hall–Kier alpha value is -3.08. The first-order chi connectivity index (χ1) is 15.4. The first kappa shape index (κ1) is 22.1. The highest BCUT2D eigenvalue weighted by Crippen LogP contribution is 2.48. The number of rotatable bonds is 6. The van der Waals surface area contributed by atoms with Gasteiger partial charge in [-0.05, 0) is 23.8 Å². The van der Waals surface area contributed by atoms with E-state index in [1.807, 2.05) is 30.3 Å². The van der Waals surface area contributed by atoms with Gasteiger partial charge < -0.3 is 9.47 Å². The molecular formula is C22H21F2N4O3S+. The highest BCUT2D eigenvalue weighted by Gasteiger charge is 2.51. The molecule has 1 aliphatic heterocycles. The second-order valence-corrected chi connectivity index (χ2v) is 8.38. The van der Waals surface area contributed by atoms with E-state index in [-0.39, 0.29) is 24.0 Å². The maximum absolute atomic E-state index is 14.6. The largest absolute Gasteiger partial charge is 0.437 e. The molecule has 166 valence electrons. The van der Waals surface area contributed by atoms with E-state index >= 15 is 0 Å². The standard InChI is InChI=1S/C22H21F2N4O3S/c1-26-10-11-27(14-26)21(29)28-22(13-31-15-30-2,16-6-4-3-5-7-16)32-20(25-28)18-12-17(23)8-9-19(18)24/h3-12,14H,13,15H2,1-2H3/q+1. The lowest BCUT2D eigenvalue weighted by atomic mass is 10.1. The summed E-state index contributed by atoms with van der Waals surface area (Å²) in [5.41, 5.74) is 0.678. The molecule has 7 nitrogen and oxygen atoms in total. The lowest BCUT2D eigenvalue weighted by Crippen LogP contribution is -2.46. The predicted octanol–water partition coefficient (Wildman–Crippen LogP) is 3.44. The second-order valence-electron chi connectivity index (χ2n) is 7.12. The Labute approximate surface area is 187 Å². The van der Waals surface area contributed by atoms with E-state index < -0.39 is 22.5 Å². The summed E-state index contributed by atoms with van der Waals surface area (Å²) in [6.07, 6.45) is 4.90. The molecule has 1 unspecified atom stereocenters. The molecule has 10 heteroatoms. The van der Waals surface area contributed by atoms with Crippen molar-refractivity contribution >= 4 is 22.8 Å². The first-order valence-corrected chi connectivity index (χ1v) is 10.5. The van der Waals surface area contributed by atoms with Crippen LogP contribution in [0.2, 0.25) is 0 Å². The van der Waals surface area contributed by atoms with Gasteiger partial charge in [-0.25, -0.2) is 18.1 Å². The van der Waals surface area contributed by atoms with Crippen LogP contribution >= 0.6 is 11.8 Å². The molecule has 1 aromatic heterocycles. The van der Waals surface area contributed by atoms with E-state index in [1.165, 1.54) is 16.7 Å². The predicted molar refractivity (Wildman–Crippen MR) is 115 cm³/mol. The van der Waals surface area contributed by atoms with Crippen molar-refractivity contribution in [2.45, 2.75) is 4.87 Å². The van der Waals surface area contributed by atoms with Crippen molar-refractivity contribution in [2.24, 2.45) is 12.1 Å². The van der Waals surface area contributed by atoms with Crippen molar-refractivity contribution < 1.29 is 27.6 Å². The minimum absolute atomic E-state index is 0.00140. The van der Waals surface area contributed by atoms with Crippen LogP contribution in [-0.2, 0) is 21.4 Å². The van der Waals surface area contributed by atoms with Crippen molar-refractivity contribution in [3.63, 3.8) is 0 Å². The lowest BCUT2D eigenvalue weighted by Gasteiger charge is -2.33. The molecule has 1 aliphatic rings. The summed E-state index contributed by atoms with van der Waals surface area (Å²) in [5.74, 6) is -1.24. The van der Waals surface area contributed by atoms with Gasteiger partial charge >= 0.3 is 6.03 Å². The number of carbonyl (C=O) groups is 1. The summed E-state index contributed by atoms with van der Waals surface area (Å²) < 4.78 is 42.3. The maximum atomic E-state index is 14.6. The van der Waals surface area contributed by atoms with Gasteiger partial charge in [0.25, 0.3) is 6.33 Å². The molecule has 4 rings (SSSR count). The fourth-order valence-corrected chi connectivity index (χ4v) is 4.66. The van der Waals surface area contributed by atoms with Crippen LogP contribution < -0.4 is 4.57 Å². The Kier molecular flexibility index (Phi) is 6.35. The van der Waals surface area contributed by atoms with Crippen molar-refractivity contribution in [3.8, 4) is 0 Å². The van der Waals surface area contributed by atoms with Crippen molar-refractivity contribution in [3.05, 3.63) is 90.0 Å². The average molecular weight is 459 g/mol. The molecule has 1 amide bonds. The number of thioether (sulfide) groups is 1. The summed E-state index contributed by atoms with van der Waals surface area (Å²) in [6, 6.07) is 11.8. The Morgan fingerprint density at radius 2 is 2.00 bits per heavy atom. The topological polar surface area (TPSA) is 59.9 Å². The third kappa shape index (κ3) is 4.16. The number of hydrogen-bond acceptors (Lipinski definition) is 5. The van der Waals surface area contributed by atoms with Crippen LogP contribution in [0.3, 0.4) is 0 Å². The molecule has 3 aromatic rings. The van der Waals surface area contributed by atoms with E-state index in [1.54, 1.807) is 30.3 Å². The molecule has 0 saturated heterocycles. The molecule has 1 atom stereocenters. The van der Waals surface area contributed by atoms with Gasteiger partial charge in [-0.2, -0.15) is 14.7 Å². The number of aryl methyl sites for hydroxylation is 1. The fourth-order valence-electron chi connectivity index (χ4n) is 3.35. The fraction of sp³-hybridized carbons (Fsp3) is 0.227. The minimum atomic E-state index is -1.17. The van der Waals surface area contributed by atoms with E-state index in [4.69, 9.17) is 9.47 Å². The third-order valence-corrected chi connectivity index (χ3v) is 6.21. The quantitative estimate of drug-likeness (QED) is 0.322. The van der Waals surface area contributed by atoms with Gasteiger partial charge in [0.15, 0.2) is 4.87 Å². The molecule has 0 saturated carbocycles. The van der Waals surface area contributed by atoms with E-state index in [0.717, 1.165) is 30.0 Å². The van der Waals surface area contributed by atoms with Crippen LogP contribution in [0.4, 0.5) is 13.6 Å². The van der Waals surface area contributed by atoms with Gasteiger partial charge in [0, 0.05) is 12.7 Å². The third-order valence-electron chi connectivity index (χ3n) is 4.85. The lowest BCUT2D eigenvalue weighted by molar-refractivity contribution is -0.670. The summed E-state index contributed by atoms with van der Waals surface area (Å²) in [7, 11) is 3.27. The average Bonchev–Trinajstić information content (AvgIpc) is 3.40. The number of nitrogens with zero attached hydrogens (tertiary/aromatic N) is 4. The smallest absolute Gasteiger partial charge is 0.359 e. The van der Waals surface area contributed by atoms with Crippen LogP contribution in [-0.4, -0.2) is 41.2 Å². The van der Waals surface area contributed by atoms with Crippen LogP contribution in [0.5, 0.6) is 0 Å². The molecule has 0 N–H and O–H groups in total. The number of methoxy groups -OCH3 is 1. The maximum Gasteiger partial charge on any atom is 0.437 e. The summed E-state index contributed by atoms with van der Waals surface area (Å²) in [5, 5.41) is 5.88. The van der Waals surface area contributed by atoms with Gasteiger partial charge in [-0.15, -0.1) is 0 Å². The second kappa shape index (κ2) is 9.19. The normalized spacial score (nSPS) is 18.1. The number of halogens is 2. The number of benzene rings is 2. The van der Waals surface area contributed by atoms with E-state index in [2.05, 4.69) is 5.10 Å². The number of ether oxygens (including phenoxy) is 2. The van der Waals surface area contributed by atoms with Crippen LogP contribution in [0.25, 0.3) is 0 Å². The molecule has 32 heavy (non-hydrogen) atoms. The van der Waals surface area contributed by atoms with Gasteiger partial charge in [-0.3, -0.25) is 0 Å². The SMILES string of the molecule is COCOCC1(c2ccccc2)SC(c2cc(F)ccc2F)=NN1C(=O)n1cc[n+](C)c1. The monoisotopic (exact) mass is 459 g/mol. The molecule has 0 bridgehead atoms. The molecule has 0 radical (unpaired) electrons. The minimum Gasteiger partial charge on any atom is -0.359 e. The summed E-state index contributed by atoms with van der Waals surface area (Å²) >= 11 is 1.12. The zero-order chi connectivity index (χ0) is 22.7. The van der Waals surface area contributed by atoms with Crippen LogP contribution in [0.1, 0.15) is 11.1 Å². The Morgan fingerprint density at radius 1 is 1.22 bits per heavy atom. The van der Waals surface area contributed by atoms with Gasteiger partial charge in [-0.1, -0.05) is 42.1 Å². The number of carbonyl (C=O) groups excluding carboxylic acids is 1. The Bertz CT molecular complexity index is 1160. The van der Waals surface area contributed by atoms with Gasteiger partial charge in [0.1, 0.15) is 35.9 Å². The molecule has 0 fully saturated rings. The number of imidazole rings is 1. The van der Waals surface area contributed by atoms with Crippen molar-refractivity contribution in [1.82, 2.24) is 9.58 Å². The highest BCUT2D eigenvalue weighted by atomic mass is 32.2. The number of hydrazone groups is 1. The first-order valence-electron chi connectivity index (χ1n) is 9.67. The van der Waals surface area contributed by atoms with Crippen LogP contribution in [0.15, 0.2) is 72.4 Å². The number of hydrogen-bond donors (Lipinski definition) is 0. The van der Waals surface area contributed by atoms with Crippen molar-refractivity contribution in [1.29, 1.82) is 0 Å². The Balaban J connectivity index is 1.85. The molecule has 2 heterocycles.